The first-order valence-electron chi connectivity index (χ1n) is 41.0. The van der Waals surface area contributed by atoms with E-state index in [0.717, 1.165) is 111 Å². The Morgan fingerprint density at radius 3 is 1.14 bits per heavy atom. The number of aromatic nitrogens is 9. The predicted octanol–water partition coefficient (Wildman–Crippen LogP) is 29.8. The number of pyridine rings is 3. The van der Waals surface area contributed by atoms with Gasteiger partial charge in [-0.2, -0.15) is 9.97 Å². The average molecular weight is 1590 g/mol. The zero-order valence-electron chi connectivity index (χ0n) is 65.3. The van der Waals surface area contributed by atoms with Crippen LogP contribution in [0.5, 0.6) is 0 Å². The number of furan rings is 1. The minimum atomic E-state index is 0.547. The van der Waals surface area contributed by atoms with Crippen LogP contribution < -0.4 is 0 Å². The molecule has 10 aromatic heterocycles. The molecule has 12 heteroatoms. The van der Waals surface area contributed by atoms with Gasteiger partial charge in [0.2, 0.25) is 5.95 Å². The van der Waals surface area contributed by atoms with E-state index in [2.05, 4.69) is 305 Å². The number of hydrogen-bond acceptors (Lipinski definition) is 9. The molecule has 0 aliphatic rings. The topological polar surface area (TPSA) is 105 Å². The molecule has 0 fully saturated rings. The third-order valence-corrected chi connectivity index (χ3v) is 26.6. The van der Waals surface area contributed by atoms with Crippen molar-refractivity contribution in [2.75, 3.05) is 0 Å². The molecule has 10 heterocycles. The van der Waals surface area contributed by atoms with Gasteiger partial charge < -0.3 is 13.6 Å². The van der Waals surface area contributed by atoms with E-state index in [1.54, 1.807) is 0 Å². The molecule has 27 aromatic rings. The molecule has 0 aliphatic carbocycles. The van der Waals surface area contributed by atoms with E-state index in [1.807, 2.05) is 126 Å². The van der Waals surface area contributed by atoms with Gasteiger partial charge in [0.1, 0.15) is 11.1 Å². The summed E-state index contributed by atoms with van der Waals surface area (Å²) < 4.78 is 19.0. The predicted molar refractivity (Wildman–Crippen MR) is 511 cm³/mol. The van der Waals surface area contributed by atoms with Crippen LogP contribution in [-0.2, 0) is 0 Å². The van der Waals surface area contributed by atoms with Crippen LogP contribution in [0.4, 0.5) is 0 Å². The number of hydrogen-bond donors (Lipinski definition) is 0. The summed E-state index contributed by atoms with van der Waals surface area (Å²) in [7, 11) is 0. The Kier molecular flexibility index (Phi) is 15.8. The second-order valence-electron chi connectivity index (χ2n) is 31.0. The molecular formula is C110H65N9OS2. The number of para-hydroxylation sites is 6. The molecule has 27 rings (SSSR count). The lowest BCUT2D eigenvalue weighted by molar-refractivity contribution is 0.671. The van der Waals surface area contributed by atoms with E-state index in [9.17, 15) is 0 Å². The molecule has 0 spiro atoms. The Labute approximate surface area is 704 Å². The van der Waals surface area contributed by atoms with Crippen LogP contribution in [0.3, 0.4) is 0 Å². The van der Waals surface area contributed by atoms with E-state index in [1.165, 1.54) is 116 Å². The number of rotatable bonds is 7. The van der Waals surface area contributed by atoms with Crippen molar-refractivity contribution in [3.05, 3.63) is 394 Å². The highest BCUT2D eigenvalue weighted by atomic mass is 32.1. The maximum Gasteiger partial charge on any atom is 0.238 e. The van der Waals surface area contributed by atoms with Crippen LogP contribution in [0.15, 0.2) is 399 Å². The number of thiophene rings is 2. The van der Waals surface area contributed by atoms with Gasteiger partial charge in [0.05, 0.1) is 77.0 Å². The SMILES string of the molecule is c1ccc(-c2nc(-c3ccccc3)nc(-n3c4ccccc4c4c5ccccc5c5c6ccccc6oc5c43)n2)cc1.c1ccc2nc(-c3ccc(-n4c5ccccc5c5c6ccccc6c6c7ccccc7sc6c54)cc3)ccc2c1.c1ccc2nc(-c3ccc(-n4c5ccccc5c5c6ccccc6c6c7ccccc7sc6c54)cn3)ccc2c1. The van der Waals surface area contributed by atoms with Crippen molar-refractivity contribution in [3.63, 3.8) is 0 Å². The smallest absolute Gasteiger partial charge is 0.238 e. The largest absolute Gasteiger partial charge is 0.454 e. The molecule has 0 N–H and O–H groups in total. The standard InChI is InChI=1S/C37H22N4O.C37H22N2S.C36H21N3S/c1-3-13-23(14-4-1)35-38-36(24-15-5-2-6-16-24)40-37(39-35)41-29-21-11-9-19-27(29)31-25-17-7-8-18-26(25)32-28-20-10-12-22-30(28)42-34(32)33(31)41;1-6-14-30-23(9-1)19-22-31(38-30)24-17-20-25(21-18-24)39-32-15-7-4-12-28(32)34-26-10-2-3-11-27(26)35-29-13-5-8-16-33(29)40-37(35)36(34)39;1-6-14-28-22(9-1)17-19-30(38-28)29-20-18-23(21-37-29)39-31-15-7-4-12-26(31)33-24-10-2-3-11-25(24)34-27-13-5-8-16-32(27)40-36(34)35(33)39/h1-22H;1-22H;1-21H. The van der Waals surface area contributed by atoms with Crippen molar-refractivity contribution in [1.29, 1.82) is 0 Å². The summed E-state index contributed by atoms with van der Waals surface area (Å²) in [5, 5.41) is 24.8. The van der Waals surface area contributed by atoms with Gasteiger partial charge in [0, 0.05) is 107 Å². The summed E-state index contributed by atoms with van der Waals surface area (Å²) in [6.07, 6.45) is 1.99. The lowest BCUT2D eigenvalue weighted by Gasteiger charge is -2.11. The molecule has 0 amide bonds. The second kappa shape index (κ2) is 27.9. The molecule has 0 radical (unpaired) electrons. The fourth-order valence-corrected chi connectivity index (χ4v) is 21.4. The summed E-state index contributed by atoms with van der Waals surface area (Å²) in [4.78, 5) is 29.9. The minimum Gasteiger partial charge on any atom is -0.454 e. The highest BCUT2D eigenvalue weighted by Gasteiger charge is 2.28. The fourth-order valence-electron chi connectivity index (χ4n) is 18.9. The van der Waals surface area contributed by atoms with Crippen molar-refractivity contribution in [1.82, 2.24) is 43.6 Å². The number of nitrogens with zero attached hydrogens (tertiary/aromatic N) is 9. The van der Waals surface area contributed by atoms with E-state index >= 15 is 0 Å². The Morgan fingerprint density at radius 2 is 0.623 bits per heavy atom. The third kappa shape index (κ3) is 10.9. The summed E-state index contributed by atoms with van der Waals surface area (Å²) in [6.45, 7) is 0. The lowest BCUT2D eigenvalue weighted by Crippen LogP contribution is -2.06. The summed E-state index contributed by atoms with van der Waals surface area (Å²) in [5.41, 5.74) is 18.5. The first kappa shape index (κ1) is 69.3. The monoisotopic (exact) mass is 1590 g/mol. The molecular weight excluding hydrogens is 1530 g/mol. The Balaban J connectivity index is 0.000000101. The molecule has 0 bridgehead atoms. The molecule has 0 atom stereocenters. The van der Waals surface area contributed by atoms with Crippen molar-refractivity contribution >= 4 is 204 Å². The van der Waals surface area contributed by atoms with Crippen molar-refractivity contribution in [2.45, 2.75) is 0 Å². The van der Waals surface area contributed by atoms with Crippen LogP contribution in [0.25, 0.3) is 245 Å². The maximum absolute atomic E-state index is 6.70. The molecule has 0 unspecified atom stereocenters. The van der Waals surface area contributed by atoms with Crippen LogP contribution >= 0.6 is 22.7 Å². The highest BCUT2D eigenvalue weighted by molar-refractivity contribution is 7.27. The Hall–Kier alpha value is -15.9. The maximum atomic E-state index is 6.70. The average Bonchev–Trinajstić information content (AvgIpc) is 1.34. The van der Waals surface area contributed by atoms with Gasteiger partial charge in [-0.3, -0.25) is 9.55 Å². The lowest BCUT2D eigenvalue weighted by atomic mass is 9.99. The van der Waals surface area contributed by atoms with Gasteiger partial charge in [-0.1, -0.05) is 303 Å². The molecule has 0 saturated carbocycles. The van der Waals surface area contributed by atoms with Crippen molar-refractivity contribution in [2.24, 2.45) is 0 Å². The summed E-state index contributed by atoms with van der Waals surface area (Å²) in [6, 6.07) is 136. The van der Waals surface area contributed by atoms with Gasteiger partial charge in [0.25, 0.3) is 0 Å². The molecule has 17 aromatic carbocycles. The van der Waals surface area contributed by atoms with Crippen LogP contribution in [0.1, 0.15) is 0 Å². The van der Waals surface area contributed by atoms with Gasteiger partial charge in [-0.15, -0.1) is 22.7 Å². The van der Waals surface area contributed by atoms with Crippen LogP contribution in [0.2, 0.25) is 0 Å². The highest BCUT2D eigenvalue weighted by Crippen LogP contribution is 2.52. The van der Waals surface area contributed by atoms with E-state index in [-0.39, 0.29) is 0 Å². The first-order chi connectivity index (χ1) is 60.5. The van der Waals surface area contributed by atoms with Gasteiger partial charge >= 0.3 is 0 Å². The number of fused-ring (bicyclic) bond motifs is 32. The Morgan fingerprint density at radius 1 is 0.238 bits per heavy atom. The number of benzene rings is 17. The molecule has 0 aliphatic heterocycles. The fraction of sp³-hybridized carbons (Fsp3) is 0. The summed E-state index contributed by atoms with van der Waals surface area (Å²) >= 11 is 3.78. The zero-order valence-corrected chi connectivity index (χ0v) is 66.9. The third-order valence-electron chi connectivity index (χ3n) is 24.2. The van der Waals surface area contributed by atoms with Crippen molar-refractivity contribution < 1.29 is 4.42 Å². The first-order valence-corrected chi connectivity index (χ1v) is 42.6. The second-order valence-corrected chi connectivity index (χ2v) is 33.1. The van der Waals surface area contributed by atoms with Crippen LogP contribution in [0, 0.1) is 0 Å². The van der Waals surface area contributed by atoms with Crippen LogP contribution in [-0.4, -0.2) is 43.6 Å². The molecule has 0 saturated heterocycles. The van der Waals surface area contributed by atoms with Gasteiger partial charge in [-0.25, -0.2) is 15.0 Å². The van der Waals surface area contributed by atoms with Gasteiger partial charge in [-0.05, 0) is 117 Å². The van der Waals surface area contributed by atoms with E-state index < -0.39 is 0 Å². The normalized spacial score (nSPS) is 11.9. The zero-order chi connectivity index (χ0) is 80.0. The van der Waals surface area contributed by atoms with E-state index in [0.29, 0.717) is 17.6 Å². The quantitative estimate of drug-likeness (QED) is 0.156. The van der Waals surface area contributed by atoms with Gasteiger partial charge in [0.15, 0.2) is 17.2 Å². The Bertz CT molecular complexity index is 8570. The summed E-state index contributed by atoms with van der Waals surface area (Å²) in [5.74, 6) is 1.78. The molecule has 122 heavy (non-hydrogen) atoms. The molecule has 10 nitrogen and oxygen atoms in total. The van der Waals surface area contributed by atoms with E-state index in [4.69, 9.17) is 34.3 Å². The van der Waals surface area contributed by atoms with Crippen molar-refractivity contribution in [3.8, 4) is 62.7 Å². The molecule has 568 valence electrons. The minimum absolute atomic E-state index is 0.547.